The van der Waals surface area contributed by atoms with Gasteiger partial charge in [0.1, 0.15) is 5.75 Å². The Labute approximate surface area is 107 Å². The zero-order valence-electron chi connectivity index (χ0n) is 10.4. The fourth-order valence-electron chi connectivity index (χ4n) is 2.52. The number of piperidine rings is 1. The first-order chi connectivity index (χ1) is 8.72. The molecule has 1 aromatic carbocycles. The fourth-order valence-corrected chi connectivity index (χ4v) is 2.52. The van der Waals surface area contributed by atoms with Crippen LogP contribution >= 0.6 is 0 Å². The molecule has 1 fully saturated rings. The molecule has 1 aliphatic rings. The Balaban J connectivity index is 2.15. The number of hydrogen-bond acceptors (Lipinski definition) is 3. The summed E-state index contributed by atoms with van der Waals surface area (Å²) in [5, 5.41) is 18.5. The topological polar surface area (TPSA) is 60.8 Å². The number of aliphatic hydroxyl groups excluding tert-OH is 1. The number of carbonyl (C=O) groups is 1. The third-order valence-electron chi connectivity index (χ3n) is 3.44. The third kappa shape index (κ3) is 2.82. The van der Waals surface area contributed by atoms with E-state index in [2.05, 4.69) is 0 Å². The molecule has 1 atom stereocenters. The summed E-state index contributed by atoms with van der Waals surface area (Å²) >= 11 is 0. The van der Waals surface area contributed by atoms with E-state index in [1.807, 2.05) is 4.90 Å². The molecule has 2 N–H and O–H groups in total. The molecule has 0 spiro atoms. The van der Waals surface area contributed by atoms with Crippen molar-refractivity contribution in [1.82, 2.24) is 4.90 Å². The summed E-state index contributed by atoms with van der Waals surface area (Å²) in [7, 11) is 0. The summed E-state index contributed by atoms with van der Waals surface area (Å²) in [5.74, 6) is 0.0561. The summed E-state index contributed by atoms with van der Waals surface area (Å²) in [6, 6.07) is 6.56. The number of aromatic hydroxyl groups is 1. The van der Waals surface area contributed by atoms with Gasteiger partial charge >= 0.3 is 0 Å². The molecule has 1 heterocycles. The van der Waals surface area contributed by atoms with Crippen molar-refractivity contribution in [2.75, 3.05) is 13.2 Å². The van der Waals surface area contributed by atoms with E-state index in [4.69, 9.17) is 5.11 Å². The van der Waals surface area contributed by atoms with E-state index in [0.717, 1.165) is 25.8 Å². The minimum atomic E-state index is -0.0518. The van der Waals surface area contributed by atoms with E-state index in [1.54, 1.807) is 18.2 Å². The van der Waals surface area contributed by atoms with E-state index >= 15 is 0 Å². The highest BCUT2D eigenvalue weighted by atomic mass is 16.3. The molecular formula is C14H19NO3. The van der Waals surface area contributed by atoms with Crippen molar-refractivity contribution in [3.8, 4) is 5.75 Å². The molecule has 0 saturated carbocycles. The number of nitrogens with zero attached hydrogens (tertiary/aromatic N) is 1. The van der Waals surface area contributed by atoms with Crippen molar-refractivity contribution in [3.63, 3.8) is 0 Å². The van der Waals surface area contributed by atoms with Crippen LogP contribution in [0.3, 0.4) is 0 Å². The van der Waals surface area contributed by atoms with Crippen molar-refractivity contribution in [3.05, 3.63) is 29.8 Å². The summed E-state index contributed by atoms with van der Waals surface area (Å²) in [6.45, 7) is 0.841. The first kappa shape index (κ1) is 12.9. The molecule has 0 aromatic heterocycles. The molecule has 98 valence electrons. The first-order valence-corrected chi connectivity index (χ1v) is 6.43. The zero-order chi connectivity index (χ0) is 13.0. The Morgan fingerprint density at radius 3 is 2.94 bits per heavy atom. The number of hydrogen-bond donors (Lipinski definition) is 2. The number of amides is 1. The van der Waals surface area contributed by atoms with E-state index in [9.17, 15) is 9.90 Å². The Morgan fingerprint density at radius 2 is 2.22 bits per heavy atom. The van der Waals surface area contributed by atoms with Gasteiger partial charge in [0, 0.05) is 24.8 Å². The van der Waals surface area contributed by atoms with Crippen LogP contribution in [-0.4, -0.2) is 40.2 Å². The standard InChI is InChI=1S/C14H19NO3/c16-9-7-12-5-1-2-8-15(12)14(18)11-4-3-6-13(17)10-11/h3-4,6,10,12,16-17H,1-2,5,7-9H2. The number of aliphatic hydroxyl groups is 1. The van der Waals surface area contributed by atoms with Crippen LogP contribution in [0.25, 0.3) is 0 Å². The predicted molar refractivity (Wildman–Crippen MR) is 68.5 cm³/mol. The highest BCUT2D eigenvalue weighted by Crippen LogP contribution is 2.22. The molecule has 18 heavy (non-hydrogen) atoms. The van der Waals surface area contributed by atoms with Gasteiger partial charge < -0.3 is 15.1 Å². The molecule has 0 radical (unpaired) electrons. The van der Waals surface area contributed by atoms with Crippen LogP contribution in [0, 0.1) is 0 Å². The maximum absolute atomic E-state index is 12.4. The molecule has 4 heteroatoms. The second-order valence-corrected chi connectivity index (χ2v) is 4.71. The van der Waals surface area contributed by atoms with Gasteiger partial charge in [-0.05, 0) is 43.9 Å². The van der Waals surface area contributed by atoms with Gasteiger partial charge in [0.2, 0.25) is 0 Å². The normalized spacial score (nSPS) is 19.8. The average Bonchev–Trinajstić information content (AvgIpc) is 2.39. The van der Waals surface area contributed by atoms with Crippen LogP contribution in [0.2, 0.25) is 0 Å². The largest absolute Gasteiger partial charge is 0.508 e. The highest BCUT2D eigenvalue weighted by Gasteiger charge is 2.26. The lowest BCUT2D eigenvalue weighted by atomic mass is 9.98. The van der Waals surface area contributed by atoms with Gasteiger partial charge in [0.25, 0.3) is 5.91 Å². The van der Waals surface area contributed by atoms with Crippen molar-refractivity contribution >= 4 is 5.91 Å². The molecular weight excluding hydrogens is 230 g/mol. The van der Waals surface area contributed by atoms with Crippen LogP contribution in [0.5, 0.6) is 5.75 Å². The maximum Gasteiger partial charge on any atom is 0.254 e. The lowest BCUT2D eigenvalue weighted by molar-refractivity contribution is 0.0574. The second-order valence-electron chi connectivity index (χ2n) is 4.71. The summed E-state index contributed by atoms with van der Waals surface area (Å²) in [5.41, 5.74) is 0.514. The number of phenols is 1. The second kappa shape index (κ2) is 5.87. The smallest absolute Gasteiger partial charge is 0.254 e. The molecule has 1 saturated heterocycles. The van der Waals surface area contributed by atoms with Crippen molar-refractivity contribution < 1.29 is 15.0 Å². The van der Waals surface area contributed by atoms with Gasteiger partial charge in [0.05, 0.1) is 0 Å². The summed E-state index contributed by atoms with van der Waals surface area (Å²) in [6.07, 6.45) is 3.69. The Bertz CT molecular complexity index is 417. The SMILES string of the molecule is O=C(c1cccc(O)c1)N1CCCCC1CCO. The van der Waals surface area contributed by atoms with Crippen LogP contribution in [0.15, 0.2) is 24.3 Å². The number of benzene rings is 1. The number of phenolic OH excluding ortho intramolecular Hbond substituents is 1. The molecule has 4 nitrogen and oxygen atoms in total. The lowest BCUT2D eigenvalue weighted by Gasteiger charge is -2.35. The molecule has 1 aliphatic heterocycles. The molecule has 0 bridgehead atoms. The Hall–Kier alpha value is -1.55. The van der Waals surface area contributed by atoms with Crippen LogP contribution in [0.1, 0.15) is 36.0 Å². The molecule has 1 unspecified atom stereocenters. The van der Waals surface area contributed by atoms with Gasteiger partial charge in [-0.15, -0.1) is 0 Å². The van der Waals surface area contributed by atoms with Crippen molar-refractivity contribution in [2.45, 2.75) is 31.7 Å². The Kier molecular flexibility index (Phi) is 4.20. The van der Waals surface area contributed by atoms with Gasteiger partial charge in [-0.3, -0.25) is 4.79 Å². The predicted octanol–water partition coefficient (Wildman–Crippen LogP) is 1.77. The monoisotopic (exact) mass is 249 g/mol. The molecule has 1 aromatic rings. The number of likely N-dealkylation sites (tertiary alicyclic amines) is 1. The molecule has 0 aliphatic carbocycles. The van der Waals surface area contributed by atoms with E-state index in [1.165, 1.54) is 6.07 Å². The third-order valence-corrected chi connectivity index (χ3v) is 3.44. The van der Waals surface area contributed by atoms with Gasteiger partial charge in [-0.1, -0.05) is 6.07 Å². The lowest BCUT2D eigenvalue weighted by Crippen LogP contribution is -2.44. The highest BCUT2D eigenvalue weighted by molar-refractivity contribution is 5.94. The first-order valence-electron chi connectivity index (χ1n) is 6.43. The van der Waals surface area contributed by atoms with E-state index < -0.39 is 0 Å². The molecule has 2 rings (SSSR count). The van der Waals surface area contributed by atoms with Gasteiger partial charge in [-0.2, -0.15) is 0 Å². The number of carbonyl (C=O) groups excluding carboxylic acids is 1. The van der Waals surface area contributed by atoms with Crippen LogP contribution in [-0.2, 0) is 0 Å². The molecule has 1 amide bonds. The van der Waals surface area contributed by atoms with E-state index in [-0.39, 0.29) is 24.3 Å². The Morgan fingerprint density at radius 1 is 1.39 bits per heavy atom. The quantitative estimate of drug-likeness (QED) is 0.858. The van der Waals surface area contributed by atoms with Crippen LogP contribution < -0.4 is 0 Å². The maximum atomic E-state index is 12.4. The minimum Gasteiger partial charge on any atom is -0.508 e. The summed E-state index contributed by atoms with van der Waals surface area (Å²) in [4.78, 5) is 14.2. The van der Waals surface area contributed by atoms with Gasteiger partial charge in [-0.25, -0.2) is 0 Å². The van der Waals surface area contributed by atoms with Crippen molar-refractivity contribution in [2.24, 2.45) is 0 Å². The van der Waals surface area contributed by atoms with Crippen molar-refractivity contribution in [1.29, 1.82) is 0 Å². The minimum absolute atomic E-state index is 0.0518. The average molecular weight is 249 g/mol. The number of rotatable bonds is 3. The van der Waals surface area contributed by atoms with E-state index in [0.29, 0.717) is 12.0 Å². The summed E-state index contributed by atoms with van der Waals surface area (Å²) < 4.78 is 0. The fraction of sp³-hybridized carbons (Fsp3) is 0.500. The zero-order valence-corrected chi connectivity index (χ0v) is 10.4. The van der Waals surface area contributed by atoms with Gasteiger partial charge in [0.15, 0.2) is 0 Å². The van der Waals surface area contributed by atoms with Crippen LogP contribution in [0.4, 0.5) is 0 Å².